The number of aldehydes is 2. The van der Waals surface area contributed by atoms with E-state index in [9.17, 15) is 14.4 Å². The van der Waals surface area contributed by atoms with Crippen molar-refractivity contribution >= 4 is 18.5 Å². The molecule has 21 heteroatoms. The lowest BCUT2D eigenvalue weighted by molar-refractivity contribution is -0.122. The summed E-state index contributed by atoms with van der Waals surface area (Å²) in [5.41, 5.74) is 5.34. The standard InChI is InChI=1S/C40H78N2O19/c41-40(36-59-10-2-7-44,37-60-11-3-8-45)38-61-12-4-39(46)42-5-13-48-15-17-50-19-21-52-23-25-54-27-29-56-31-33-58-35-34-57-32-30-55-28-26-53-24-22-51-20-18-49-16-14-47-9-1-6-43/h7-8,43H,1-6,9-38,41H2,(H,42,46). The van der Waals surface area contributed by atoms with Crippen molar-refractivity contribution in [3.05, 3.63) is 0 Å². The second-order valence-electron chi connectivity index (χ2n) is 13.0. The summed E-state index contributed by atoms with van der Waals surface area (Å²) in [5, 5.41) is 11.4. The predicted molar refractivity (Wildman–Crippen MR) is 220 cm³/mol. The van der Waals surface area contributed by atoms with E-state index >= 15 is 0 Å². The van der Waals surface area contributed by atoms with Gasteiger partial charge in [-0.1, -0.05) is 0 Å². The van der Waals surface area contributed by atoms with Crippen LogP contribution in [0, 0.1) is 0 Å². The molecule has 0 saturated heterocycles. The molecule has 0 aromatic heterocycles. The van der Waals surface area contributed by atoms with Gasteiger partial charge in [-0.3, -0.25) is 4.79 Å². The van der Waals surface area contributed by atoms with Gasteiger partial charge in [-0.05, 0) is 6.42 Å². The molecule has 0 aliphatic rings. The van der Waals surface area contributed by atoms with Crippen LogP contribution >= 0.6 is 0 Å². The van der Waals surface area contributed by atoms with Gasteiger partial charge in [-0.2, -0.15) is 0 Å². The highest BCUT2D eigenvalue weighted by Crippen LogP contribution is 2.06. The van der Waals surface area contributed by atoms with Crippen LogP contribution in [-0.2, 0) is 85.4 Å². The number of ether oxygens (including phenoxy) is 15. The Morgan fingerprint density at radius 1 is 0.410 bits per heavy atom. The molecule has 0 saturated carbocycles. The molecule has 0 heterocycles. The number of carbonyl (C=O) groups excluding carboxylic acids is 3. The van der Waals surface area contributed by atoms with Crippen LogP contribution in [0.1, 0.15) is 25.7 Å². The van der Waals surface area contributed by atoms with Crippen molar-refractivity contribution in [1.29, 1.82) is 0 Å². The highest BCUT2D eigenvalue weighted by Gasteiger charge is 2.26. The summed E-state index contributed by atoms with van der Waals surface area (Å²) in [6, 6.07) is 0. The van der Waals surface area contributed by atoms with E-state index in [1.807, 2.05) is 0 Å². The van der Waals surface area contributed by atoms with Crippen LogP contribution in [0.25, 0.3) is 0 Å². The molecule has 21 nitrogen and oxygen atoms in total. The first-order valence-electron chi connectivity index (χ1n) is 21.3. The van der Waals surface area contributed by atoms with Crippen LogP contribution in [0.5, 0.6) is 0 Å². The number of nitrogens with two attached hydrogens (primary N) is 1. The Morgan fingerprint density at radius 3 is 0.984 bits per heavy atom. The van der Waals surface area contributed by atoms with Crippen LogP contribution in [-0.4, -0.2) is 240 Å². The van der Waals surface area contributed by atoms with E-state index in [4.69, 9.17) is 81.9 Å². The first-order valence-corrected chi connectivity index (χ1v) is 21.3. The molecule has 0 atom stereocenters. The van der Waals surface area contributed by atoms with Crippen LogP contribution < -0.4 is 11.1 Å². The zero-order valence-corrected chi connectivity index (χ0v) is 36.5. The number of aliphatic hydroxyl groups is 1. The molecule has 0 aromatic rings. The molecule has 0 spiro atoms. The van der Waals surface area contributed by atoms with Gasteiger partial charge < -0.3 is 96.8 Å². The minimum absolute atomic E-state index is 0.0806. The van der Waals surface area contributed by atoms with Gasteiger partial charge in [-0.25, -0.2) is 0 Å². The van der Waals surface area contributed by atoms with Gasteiger partial charge in [0.1, 0.15) is 12.6 Å². The summed E-state index contributed by atoms with van der Waals surface area (Å²) in [4.78, 5) is 33.1. The molecule has 0 aromatic carbocycles. The molecule has 0 aliphatic heterocycles. The number of nitrogens with one attached hydrogen (secondary N) is 1. The highest BCUT2D eigenvalue weighted by atomic mass is 16.6. The lowest BCUT2D eigenvalue weighted by Gasteiger charge is -2.28. The highest BCUT2D eigenvalue weighted by molar-refractivity contribution is 5.75. The molecular weight excluding hydrogens is 812 g/mol. The number of rotatable bonds is 54. The Kier molecular flexibility index (Phi) is 49.2. The second kappa shape index (κ2) is 50.8. The Morgan fingerprint density at radius 2 is 0.689 bits per heavy atom. The fraction of sp³-hybridized carbons (Fsp3) is 0.925. The smallest absolute Gasteiger partial charge is 0.222 e. The third-order valence-corrected chi connectivity index (χ3v) is 7.51. The van der Waals surface area contributed by atoms with E-state index in [2.05, 4.69) is 5.32 Å². The molecule has 0 aliphatic carbocycles. The molecule has 0 radical (unpaired) electrons. The maximum atomic E-state index is 12.1. The lowest BCUT2D eigenvalue weighted by Crippen LogP contribution is -2.53. The van der Waals surface area contributed by atoms with Crippen molar-refractivity contribution in [3.8, 4) is 0 Å². The molecule has 4 N–H and O–H groups in total. The van der Waals surface area contributed by atoms with Crippen LogP contribution in [0.4, 0.5) is 0 Å². The average molecular weight is 891 g/mol. The normalized spacial score (nSPS) is 11.7. The van der Waals surface area contributed by atoms with Gasteiger partial charge in [0.15, 0.2) is 0 Å². The summed E-state index contributed by atoms with van der Waals surface area (Å²) in [6.07, 6.45) is 2.80. The van der Waals surface area contributed by atoms with E-state index in [1.54, 1.807) is 0 Å². The molecule has 1 amide bonds. The second-order valence-corrected chi connectivity index (χ2v) is 13.0. The fourth-order valence-corrected chi connectivity index (χ4v) is 4.42. The molecular formula is C40H78N2O19. The van der Waals surface area contributed by atoms with Gasteiger partial charge in [0.2, 0.25) is 5.91 Å². The predicted octanol–water partition coefficient (Wildman–Crippen LogP) is -1.00. The maximum Gasteiger partial charge on any atom is 0.222 e. The summed E-state index contributed by atoms with van der Waals surface area (Å²) in [5.74, 6) is -0.186. The third-order valence-electron chi connectivity index (χ3n) is 7.51. The molecule has 0 unspecified atom stereocenters. The lowest BCUT2D eigenvalue weighted by atomic mass is 10.1. The Bertz CT molecular complexity index is 898. The van der Waals surface area contributed by atoms with Crippen molar-refractivity contribution in [2.75, 3.05) is 211 Å². The monoisotopic (exact) mass is 891 g/mol. The van der Waals surface area contributed by atoms with Crippen LogP contribution in [0.15, 0.2) is 0 Å². The molecule has 0 bridgehead atoms. The summed E-state index contributed by atoms with van der Waals surface area (Å²) in [7, 11) is 0. The van der Waals surface area contributed by atoms with Crippen molar-refractivity contribution in [2.45, 2.75) is 31.2 Å². The number of hydrogen-bond donors (Lipinski definition) is 3. The Labute approximate surface area is 362 Å². The van der Waals surface area contributed by atoms with Gasteiger partial charge >= 0.3 is 0 Å². The number of hydrogen-bond acceptors (Lipinski definition) is 20. The molecule has 61 heavy (non-hydrogen) atoms. The van der Waals surface area contributed by atoms with E-state index in [1.165, 1.54) is 0 Å². The minimum atomic E-state index is -0.975. The van der Waals surface area contributed by atoms with Crippen LogP contribution in [0.3, 0.4) is 0 Å². The van der Waals surface area contributed by atoms with Crippen molar-refractivity contribution in [2.24, 2.45) is 5.73 Å². The third kappa shape index (κ3) is 49.0. The van der Waals surface area contributed by atoms with E-state index in [0.29, 0.717) is 172 Å². The largest absolute Gasteiger partial charge is 0.396 e. The topological polar surface area (TPSA) is 248 Å². The van der Waals surface area contributed by atoms with Gasteiger partial charge in [-0.15, -0.1) is 0 Å². The maximum absolute atomic E-state index is 12.1. The number of carbonyl (C=O) groups is 3. The number of aliphatic hydroxyl groups excluding tert-OH is 1. The summed E-state index contributed by atoms with van der Waals surface area (Å²) in [6.45, 7) is 12.6. The first kappa shape index (κ1) is 59.1. The van der Waals surface area contributed by atoms with Crippen molar-refractivity contribution < 1.29 is 90.5 Å². The fourth-order valence-electron chi connectivity index (χ4n) is 4.42. The average Bonchev–Trinajstić information content (AvgIpc) is 3.26. The zero-order valence-electron chi connectivity index (χ0n) is 36.5. The first-order chi connectivity index (χ1) is 30.1. The molecule has 0 rings (SSSR count). The van der Waals surface area contributed by atoms with E-state index in [0.717, 1.165) is 12.6 Å². The molecule has 0 fully saturated rings. The van der Waals surface area contributed by atoms with Crippen molar-refractivity contribution in [1.82, 2.24) is 5.32 Å². The van der Waals surface area contributed by atoms with Crippen molar-refractivity contribution in [3.63, 3.8) is 0 Å². The van der Waals surface area contributed by atoms with E-state index in [-0.39, 0.29) is 71.4 Å². The Balaban J connectivity index is 3.32. The Hall–Kier alpha value is -1.87. The van der Waals surface area contributed by atoms with Gasteiger partial charge in [0.05, 0.1) is 197 Å². The molecule has 362 valence electrons. The summed E-state index contributed by atoms with van der Waals surface area (Å²) >= 11 is 0. The summed E-state index contributed by atoms with van der Waals surface area (Å²) < 4.78 is 81.8. The number of amides is 1. The van der Waals surface area contributed by atoms with Crippen LogP contribution in [0.2, 0.25) is 0 Å². The quantitative estimate of drug-likeness (QED) is 0.0490. The zero-order chi connectivity index (χ0) is 44.3. The SMILES string of the molecule is NC(COCCC=O)(COCCC=O)COCCC(=O)NCCOCCOCCOCCOCCOCCOCCOCCOCCOCCOCCOCCOCCCO. The minimum Gasteiger partial charge on any atom is -0.396 e. The van der Waals surface area contributed by atoms with E-state index < -0.39 is 5.54 Å². The van der Waals surface area contributed by atoms with Gasteiger partial charge in [0.25, 0.3) is 0 Å². The van der Waals surface area contributed by atoms with Gasteiger partial charge in [0, 0.05) is 39.0 Å².